The maximum atomic E-state index is 12.1. The first kappa shape index (κ1) is 24.4. The van der Waals surface area contributed by atoms with E-state index in [1.54, 1.807) is 0 Å². The fourth-order valence-corrected chi connectivity index (χ4v) is 2.48. The van der Waals surface area contributed by atoms with Crippen LogP contribution in [-0.4, -0.2) is 75.3 Å². The molecule has 3 N–H and O–H groups in total. The van der Waals surface area contributed by atoms with Gasteiger partial charge in [-0.1, -0.05) is 0 Å². The zero-order chi connectivity index (χ0) is 18.0. The van der Waals surface area contributed by atoms with E-state index in [2.05, 4.69) is 32.8 Å². The Kier molecular flexibility index (Phi) is 12.4. The molecule has 1 aliphatic heterocycles. The third-order valence-electron chi connectivity index (χ3n) is 4.16. The molecule has 0 aliphatic carbocycles. The van der Waals surface area contributed by atoms with Gasteiger partial charge in [-0.25, -0.2) is 0 Å². The van der Waals surface area contributed by atoms with Gasteiger partial charge in [-0.3, -0.25) is 14.7 Å². The summed E-state index contributed by atoms with van der Waals surface area (Å²) in [6, 6.07) is 0.411. The van der Waals surface area contributed by atoms with Crippen LogP contribution in [0.3, 0.4) is 0 Å². The number of hydrogen-bond acceptors (Lipinski definition) is 4. The first-order valence-corrected chi connectivity index (χ1v) is 9.03. The van der Waals surface area contributed by atoms with E-state index in [1.165, 1.54) is 0 Å². The molecule has 1 amide bonds. The molecule has 1 rings (SSSR count). The summed E-state index contributed by atoms with van der Waals surface area (Å²) in [6.45, 7) is 16.3. The number of halogens is 1. The van der Waals surface area contributed by atoms with E-state index >= 15 is 0 Å². The SMILES string of the molecule is CCNC(=O)C(C)(C)CN=C(NCC)NCC(C)N1CCOCC1.I. The van der Waals surface area contributed by atoms with Crippen molar-refractivity contribution in [2.45, 2.75) is 40.7 Å². The van der Waals surface area contributed by atoms with Crippen LogP contribution in [-0.2, 0) is 9.53 Å². The molecule has 25 heavy (non-hydrogen) atoms. The molecule has 0 aromatic carbocycles. The Bertz CT molecular complexity index is 412. The molecule has 8 heteroatoms. The van der Waals surface area contributed by atoms with E-state index in [0.29, 0.717) is 19.1 Å². The average molecular weight is 469 g/mol. The number of guanidine groups is 1. The lowest BCUT2D eigenvalue weighted by Crippen LogP contribution is -2.49. The number of aliphatic imine (C=N–C) groups is 1. The molecule has 0 aromatic rings. The molecular weight excluding hydrogens is 433 g/mol. The minimum atomic E-state index is -0.520. The van der Waals surface area contributed by atoms with Crippen molar-refractivity contribution in [2.75, 3.05) is 52.5 Å². The first-order chi connectivity index (χ1) is 11.4. The number of nitrogens with zero attached hydrogens (tertiary/aromatic N) is 2. The molecule has 0 aromatic heterocycles. The van der Waals surface area contributed by atoms with Crippen LogP contribution in [0.1, 0.15) is 34.6 Å². The Morgan fingerprint density at radius 3 is 2.32 bits per heavy atom. The Balaban J connectivity index is 0.00000576. The van der Waals surface area contributed by atoms with E-state index in [0.717, 1.165) is 45.4 Å². The van der Waals surface area contributed by atoms with Gasteiger partial charge in [0, 0.05) is 38.8 Å². The number of amides is 1. The van der Waals surface area contributed by atoms with Crippen LogP contribution in [0.2, 0.25) is 0 Å². The van der Waals surface area contributed by atoms with Crippen LogP contribution in [0.5, 0.6) is 0 Å². The number of rotatable bonds is 8. The maximum absolute atomic E-state index is 12.1. The Morgan fingerprint density at radius 2 is 1.76 bits per heavy atom. The highest BCUT2D eigenvalue weighted by Crippen LogP contribution is 2.15. The molecule has 1 saturated heterocycles. The zero-order valence-electron chi connectivity index (χ0n) is 16.4. The smallest absolute Gasteiger partial charge is 0.227 e. The van der Waals surface area contributed by atoms with Gasteiger partial charge in [0.05, 0.1) is 25.2 Å². The van der Waals surface area contributed by atoms with Crippen molar-refractivity contribution in [1.29, 1.82) is 0 Å². The van der Waals surface area contributed by atoms with Gasteiger partial charge >= 0.3 is 0 Å². The van der Waals surface area contributed by atoms with Crippen molar-refractivity contribution >= 4 is 35.8 Å². The predicted octanol–water partition coefficient (Wildman–Crippen LogP) is 1.04. The van der Waals surface area contributed by atoms with E-state index in [1.807, 2.05) is 27.7 Å². The molecule has 1 unspecified atom stereocenters. The molecule has 7 nitrogen and oxygen atoms in total. The standard InChI is InChI=1S/C17H35N5O2.HI/c1-6-18-15(23)17(4,5)13-21-16(19-7-2)20-12-14(3)22-8-10-24-11-9-22;/h14H,6-13H2,1-5H3,(H,18,23)(H2,19,20,21);1H. The second-order valence-electron chi connectivity index (χ2n) is 6.82. The molecular formula is C17H36IN5O2. The quantitative estimate of drug-likeness (QED) is 0.282. The van der Waals surface area contributed by atoms with Gasteiger partial charge in [-0.2, -0.15) is 0 Å². The fraction of sp³-hybridized carbons (Fsp3) is 0.882. The van der Waals surface area contributed by atoms with Gasteiger partial charge in [0.15, 0.2) is 5.96 Å². The Hall–Kier alpha value is -0.610. The van der Waals surface area contributed by atoms with Crippen molar-refractivity contribution in [3.63, 3.8) is 0 Å². The van der Waals surface area contributed by atoms with E-state index in [4.69, 9.17) is 4.74 Å². The summed E-state index contributed by atoms with van der Waals surface area (Å²) in [4.78, 5) is 19.1. The van der Waals surface area contributed by atoms with Crippen LogP contribution in [0.25, 0.3) is 0 Å². The minimum Gasteiger partial charge on any atom is -0.379 e. The molecule has 1 aliphatic rings. The third-order valence-corrected chi connectivity index (χ3v) is 4.16. The van der Waals surface area contributed by atoms with E-state index < -0.39 is 5.41 Å². The molecule has 0 radical (unpaired) electrons. The van der Waals surface area contributed by atoms with Gasteiger partial charge in [0.1, 0.15) is 0 Å². The minimum absolute atomic E-state index is 0. The number of ether oxygens (including phenoxy) is 1. The Labute approximate surface area is 169 Å². The van der Waals surface area contributed by atoms with Gasteiger partial charge in [0.25, 0.3) is 0 Å². The lowest BCUT2D eigenvalue weighted by Gasteiger charge is -2.32. The van der Waals surface area contributed by atoms with E-state index in [9.17, 15) is 4.79 Å². The molecule has 1 heterocycles. The van der Waals surface area contributed by atoms with Crippen molar-refractivity contribution in [1.82, 2.24) is 20.9 Å². The van der Waals surface area contributed by atoms with Crippen molar-refractivity contribution < 1.29 is 9.53 Å². The summed E-state index contributed by atoms with van der Waals surface area (Å²) in [6.07, 6.45) is 0. The monoisotopic (exact) mass is 469 g/mol. The predicted molar refractivity (Wildman–Crippen MR) is 114 cm³/mol. The molecule has 1 atom stereocenters. The second-order valence-corrected chi connectivity index (χ2v) is 6.82. The molecule has 0 saturated carbocycles. The number of hydrogen-bond donors (Lipinski definition) is 3. The largest absolute Gasteiger partial charge is 0.379 e. The third kappa shape index (κ3) is 9.05. The summed E-state index contributed by atoms with van der Waals surface area (Å²) in [7, 11) is 0. The van der Waals surface area contributed by atoms with Crippen molar-refractivity contribution in [2.24, 2.45) is 10.4 Å². The highest BCUT2D eigenvalue weighted by molar-refractivity contribution is 14.0. The number of carbonyl (C=O) groups excluding carboxylic acids is 1. The van der Waals surface area contributed by atoms with Gasteiger partial charge < -0.3 is 20.7 Å². The topological polar surface area (TPSA) is 78.0 Å². The zero-order valence-corrected chi connectivity index (χ0v) is 18.7. The van der Waals surface area contributed by atoms with Crippen LogP contribution in [0.4, 0.5) is 0 Å². The van der Waals surface area contributed by atoms with Crippen LogP contribution >= 0.6 is 24.0 Å². The first-order valence-electron chi connectivity index (χ1n) is 9.03. The summed E-state index contributed by atoms with van der Waals surface area (Å²) in [5.74, 6) is 0.793. The van der Waals surface area contributed by atoms with Crippen LogP contribution in [0, 0.1) is 5.41 Å². The van der Waals surface area contributed by atoms with Crippen molar-refractivity contribution in [3.05, 3.63) is 0 Å². The molecule has 1 fully saturated rings. The average Bonchev–Trinajstić information content (AvgIpc) is 2.58. The number of carbonyl (C=O) groups is 1. The lowest BCUT2D eigenvalue weighted by molar-refractivity contribution is -0.128. The molecule has 148 valence electrons. The van der Waals surface area contributed by atoms with Crippen LogP contribution in [0.15, 0.2) is 4.99 Å². The van der Waals surface area contributed by atoms with Gasteiger partial charge in [0.2, 0.25) is 5.91 Å². The Morgan fingerprint density at radius 1 is 1.16 bits per heavy atom. The normalized spacial score (nSPS) is 17.4. The van der Waals surface area contributed by atoms with Crippen molar-refractivity contribution in [3.8, 4) is 0 Å². The summed E-state index contributed by atoms with van der Waals surface area (Å²) in [5.41, 5.74) is -0.520. The molecule has 0 spiro atoms. The fourth-order valence-electron chi connectivity index (χ4n) is 2.48. The van der Waals surface area contributed by atoms with Gasteiger partial charge in [-0.15, -0.1) is 24.0 Å². The van der Waals surface area contributed by atoms with Gasteiger partial charge in [-0.05, 0) is 34.6 Å². The maximum Gasteiger partial charge on any atom is 0.227 e. The second kappa shape index (κ2) is 12.7. The highest BCUT2D eigenvalue weighted by atomic mass is 127. The van der Waals surface area contributed by atoms with E-state index in [-0.39, 0.29) is 29.9 Å². The lowest BCUT2D eigenvalue weighted by atomic mass is 9.92. The summed E-state index contributed by atoms with van der Waals surface area (Å²) >= 11 is 0. The summed E-state index contributed by atoms with van der Waals surface area (Å²) < 4.78 is 5.40. The van der Waals surface area contributed by atoms with Crippen LogP contribution < -0.4 is 16.0 Å². The number of nitrogens with one attached hydrogen (secondary N) is 3. The molecule has 0 bridgehead atoms. The number of morpholine rings is 1. The highest BCUT2D eigenvalue weighted by Gasteiger charge is 2.27. The summed E-state index contributed by atoms with van der Waals surface area (Å²) in [5, 5.41) is 9.50.